The van der Waals surface area contributed by atoms with Gasteiger partial charge in [-0.2, -0.15) is 10.2 Å². The summed E-state index contributed by atoms with van der Waals surface area (Å²) in [4.78, 5) is 12.1. The van der Waals surface area contributed by atoms with E-state index in [9.17, 15) is 4.79 Å². The second-order valence-corrected chi connectivity index (χ2v) is 8.08. The summed E-state index contributed by atoms with van der Waals surface area (Å²) >= 11 is 18.7. The Morgan fingerprint density at radius 2 is 1.96 bits per heavy atom. The van der Waals surface area contributed by atoms with Crippen LogP contribution in [0.3, 0.4) is 0 Å². The third-order valence-electron chi connectivity index (χ3n) is 3.47. The highest BCUT2D eigenvalue weighted by molar-refractivity contribution is 9.10. The van der Waals surface area contributed by atoms with Crippen molar-refractivity contribution in [3.63, 3.8) is 0 Å². The van der Waals surface area contributed by atoms with E-state index in [1.165, 1.54) is 0 Å². The van der Waals surface area contributed by atoms with Gasteiger partial charge in [0, 0.05) is 25.4 Å². The molecule has 0 radical (unpaired) electrons. The summed E-state index contributed by atoms with van der Waals surface area (Å²) < 4.78 is 4.99. The molecule has 0 aliphatic carbocycles. The summed E-state index contributed by atoms with van der Waals surface area (Å²) in [5.74, 6) is 0.328. The fourth-order valence-corrected chi connectivity index (χ4v) is 3.32. The van der Waals surface area contributed by atoms with Gasteiger partial charge in [0.2, 0.25) is 5.91 Å². The summed E-state index contributed by atoms with van der Waals surface area (Å²) in [6.07, 6.45) is 5.58. The molecule has 3 rings (SSSR count). The lowest BCUT2D eigenvalue weighted by atomic mass is 10.2. The lowest BCUT2D eigenvalue weighted by molar-refractivity contribution is -0.116. The Morgan fingerprint density at radius 3 is 2.65 bits per heavy atom. The highest BCUT2D eigenvalue weighted by Crippen LogP contribution is 2.24. The van der Waals surface area contributed by atoms with Crippen molar-refractivity contribution in [2.24, 2.45) is 0 Å². The van der Waals surface area contributed by atoms with E-state index in [-0.39, 0.29) is 5.91 Å². The Balaban J connectivity index is 1.60. The van der Waals surface area contributed by atoms with Crippen LogP contribution in [0.2, 0.25) is 10.0 Å². The van der Waals surface area contributed by atoms with Gasteiger partial charge in [-0.15, -0.1) is 0 Å². The molecule has 6 nitrogen and oxygen atoms in total. The van der Waals surface area contributed by atoms with Crippen LogP contribution in [0.15, 0.2) is 45.7 Å². The van der Waals surface area contributed by atoms with E-state index in [1.54, 1.807) is 33.9 Å². The minimum atomic E-state index is -0.142. The normalized spacial score (nSPS) is 10.9. The van der Waals surface area contributed by atoms with Gasteiger partial charge < -0.3 is 5.32 Å². The quantitative estimate of drug-likeness (QED) is 0.497. The zero-order valence-corrected chi connectivity index (χ0v) is 18.0. The number of benzene rings is 1. The molecule has 1 aromatic carbocycles. The molecule has 0 saturated carbocycles. The molecule has 2 aromatic heterocycles. The Labute approximate surface area is 176 Å². The highest BCUT2D eigenvalue weighted by Gasteiger charge is 2.11. The van der Waals surface area contributed by atoms with E-state index in [2.05, 4.69) is 47.4 Å². The number of anilines is 1. The van der Waals surface area contributed by atoms with E-state index in [4.69, 9.17) is 23.2 Å². The number of nitrogens with zero attached hydrogens (tertiary/aromatic N) is 4. The van der Waals surface area contributed by atoms with Gasteiger partial charge in [-0.25, -0.2) is 0 Å². The second-order valence-electron chi connectivity index (χ2n) is 5.49. The smallest absolute Gasteiger partial charge is 0.227 e. The molecule has 0 unspecified atom stereocenters. The third-order valence-corrected chi connectivity index (χ3v) is 5.20. The van der Waals surface area contributed by atoms with Gasteiger partial charge in [-0.3, -0.25) is 14.2 Å². The minimum Gasteiger partial charge on any atom is -0.308 e. The predicted molar refractivity (Wildman–Crippen MR) is 109 cm³/mol. The molecule has 0 spiro atoms. The summed E-state index contributed by atoms with van der Waals surface area (Å²) in [5.41, 5.74) is 0.955. The van der Waals surface area contributed by atoms with Crippen molar-refractivity contribution in [1.29, 1.82) is 0 Å². The fraction of sp³-hybridized carbons (Fsp3) is 0.188. The molecule has 0 aliphatic rings. The van der Waals surface area contributed by atoms with Crippen molar-refractivity contribution in [3.8, 4) is 0 Å². The van der Waals surface area contributed by atoms with E-state index >= 15 is 0 Å². The van der Waals surface area contributed by atoms with Crippen LogP contribution in [0, 0.1) is 0 Å². The maximum absolute atomic E-state index is 12.1. The zero-order chi connectivity index (χ0) is 18.7. The monoisotopic (exact) mass is 519 g/mol. The summed E-state index contributed by atoms with van der Waals surface area (Å²) in [6, 6.07) is 5.41. The van der Waals surface area contributed by atoms with Crippen LogP contribution in [-0.4, -0.2) is 25.5 Å². The van der Waals surface area contributed by atoms with E-state index < -0.39 is 0 Å². The SMILES string of the molecule is O=C(CCn1cc(Br)cn1)Nc1nn(Cc2ccc(Cl)c(Cl)c2)cc1Br. The van der Waals surface area contributed by atoms with Crippen LogP contribution >= 0.6 is 55.1 Å². The van der Waals surface area contributed by atoms with E-state index in [0.717, 1.165) is 10.0 Å². The van der Waals surface area contributed by atoms with Crippen LogP contribution in [-0.2, 0) is 17.9 Å². The lowest BCUT2D eigenvalue weighted by Gasteiger charge is -2.04. The van der Waals surface area contributed by atoms with Crippen LogP contribution < -0.4 is 5.32 Å². The number of aromatic nitrogens is 4. The average Bonchev–Trinajstić information content (AvgIpc) is 3.15. The zero-order valence-electron chi connectivity index (χ0n) is 13.3. The third kappa shape index (κ3) is 5.09. The molecule has 26 heavy (non-hydrogen) atoms. The summed E-state index contributed by atoms with van der Waals surface area (Å²) in [7, 11) is 0. The van der Waals surface area contributed by atoms with Crippen LogP contribution in [0.4, 0.5) is 5.82 Å². The van der Waals surface area contributed by atoms with E-state index in [1.807, 2.05) is 12.3 Å². The van der Waals surface area contributed by atoms with Gasteiger partial charge in [0.25, 0.3) is 0 Å². The average molecular weight is 522 g/mol. The molecule has 0 fully saturated rings. The number of amides is 1. The Kier molecular flexibility index (Phi) is 6.39. The highest BCUT2D eigenvalue weighted by atomic mass is 79.9. The van der Waals surface area contributed by atoms with Crippen LogP contribution in [0.5, 0.6) is 0 Å². The predicted octanol–water partition coefficient (Wildman–Crippen LogP) is 4.99. The van der Waals surface area contributed by atoms with Gasteiger partial charge >= 0.3 is 0 Å². The van der Waals surface area contributed by atoms with Gasteiger partial charge in [0.15, 0.2) is 5.82 Å². The fourth-order valence-electron chi connectivity index (χ4n) is 2.26. The number of hydrogen-bond donors (Lipinski definition) is 1. The largest absolute Gasteiger partial charge is 0.308 e. The second kappa shape index (κ2) is 8.56. The standard InChI is InChI=1S/C16H13Br2Cl2N5O/c17-11-6-21-24(8-11)4-3-15(26)22-16-12(18)9-25(23-16)7-10-1-2-13(19)14(20)5-10/h1-2,5-6,8-9H,3-4,7H2,(H,22,23,26). The topological polar surface area (TPSA) is 64.7 Å². The molecular formula is C16H13Br2Cl2N5O. The van der Waals surface area contributed by atoms with Crippen molar-refractivity contribution in [3.05, 3.63) is 61.3 Å². The molecule has 136 valence electrons. The first-order valence-electron chi connectivity index (χ1n) is 7.55. The van der Waals surface area contributed by atoms with Crippen molar-refractivity contribution >= 4 is 66.8 Å². The number of hydrogen-bond acceptors (Lipinski definition) is 3. The molecule has 3 aromatic rings. The first-order chi connectivity index (χ1) is 12.4. The van der Waals surface area contributed by atoms with E-state index in [0.29, 0.717) is 39.8 Å². The van der Waals surface area contributed by atoms with Crippen molar-refractivity contribution < 1.29 is 4.79 Å². The van der Waals surface area contributed by atoms with Crippen molar-refractivity contribution in [1.82, 2.24) is 19.6 Å². The Bertz CT molecular complexity index is 941. The first-order valence-corrected chi connectivity index (χ1v) is 9.89. The molecule has 2 heterocycles. The molecule has 1 amide bonds. The lowest BCUT2D eigenvalue weighted by Crippen LogP contribution is -2.15. The summed E-state index contributed by atoms with van der Waals surface area (Å²) in [6.45, 7) is 0.992. The number of carbonyl (C=O) groups excluding carboxylic acids is 1. The van der Waals surface area contributed by atoms with Gasteiger partial charge in [-0.05, 0) is 49.6 Å². The molecule has 0 bridgehead atoms. The van der Waals surface area contributed by atoms with Gasteiger partial charge in [0.1, 0.15) is 0 Å². The van der Waals surface area contributed by atoms with Gasteiger partial charge in [0.05, 0.1) is 31.7 Å². The van der Waals surface area contributed by atoms with Gasteiger partial charge in [-0.1, -0.05) is 29.3 Å². The molecule has 0 atom stereocenters. The maximum Gasteiger partial charge on any atom is 0.227 e. The number of halogens is 4. The molecule has 0 saturated heterocycles. The van der Waals surface area contributed by atoms with Crippen LogP contribution in [0.25, 0.3) is 0 Å². The molecule has 1 N–H and O–H groups in total. The molecular weight excluding hydrogens is 509 g/mol. The van der Waals surface area contributed by atoms with Crippen molar-refractivity contribution in [2.75, 3.05) is 5.32 Å². The number of rotatable bonds is 6. The number of nitrogens with one attached hydrogen (secondary N) is 1. The number of aryl methyl sites for hydroxylation is 1. The summed E-state index contributed by atoms with van der Waals surface area (Å²) in [5, 5.41) is 12.3. The van der Waals surface area contributed by atoms with Crippen LogP contribution in [0.1, 0.15) is 12.0 Å². The number of carbonyl (C=O) groups is 1. The Hall–Kier alpha value is -1.35. The minimum absolute atomic E-state index is 0.142. The Morgan fingerprint density at radius 1 is 1.15 bits per heavy atom. The van der Waals surface area contributed by atoms with Crippen molar-refractivity contribution in [2.45, 2.75) is 19.5 Å². The maximum atomic E-state index is 12.1. The first kappa shape index (κ1) is 19.4. The molecule has 10 heteroatoms. The molecule has 0 aliphatic heterocycles.